The van der Waals surface area contributed by atoms with Crippen LogP contribution in [0, 0.1) is 0 Å². The lowest BCUT2D eigenvalue weighted by molar-refractivity contribution is 0.0527. The lowest BCUT2D eigenvalue weighted by Crippen LogP contribution is -2.10. The lowest BCUT2D eigenvalue weighted by Gasteiger charge is -2.12. The molecule has 0 radical (unpaired) electrons. The van der Waals surface area contributed by atoms with E-state index in [4.69, 9.17) is 4.74 Å². The molecule has 3 nitrogen and oxygen atoms in total. The highest BCUT2D eigenvalue weighted by Gasteiger charge is 2.18. The fraction of sp³-hybridized carbons (Fsp3) is 0.357. The molecule has 3 heteroatoms. The smallest absolute Gasteiger partial charge is 0.340 e. The van der Waals surface area contributed by atoms with Crippen molar-refractivity contribution in [3.8, 4) is 0 Å². The van der Waals surface area contributed by atoms with Crippen LogP contribution in [0.3, 0.4) is 0 Å². The second-order valence-electron chi connectivity index (χ2n) is 4.35. The summed E-state index contributed by atoms with van der Waals surface area (Å²) in [5, 5.41) is 1.04. The van der Waals surface area contributed by atoms with Gasteiger partial charge in [0.2, 0.25) is 0 Å². The molecule has 1 aromatic carbocycles. The molecule has 1 heterocycles. The number of H-pyrrole nitrogens is 1. The van der Waals surface area contributed by atoms with Crippen molar-refractivity contribution in [2.75, 3.05) is 6.61 Å². The van der Waals surface area contributed by atoms with Gasteiger partial charge in [-0.1, -0.05) is 26.0 Å². The molecule has 0 aliphatic carbocycles. The molecule has 0 fully saturated rings. The van der Waals surface area contributed by atoms with E-state index in [0.717, 1.165) is 16.5 Å². The van der Waals surface area contributed by atoms with Crippen LogP contribution in [-0.2, 0) is 4.74 Å². The van der Waals surface area contributed by atoms with Gasteiger partial charge in [0.25, 0.3) is 0 Å². The quantitative estimate of drug-likeness (QED) is 0.821. The van der Waals surface area contributed by atoms with Crippen LogP contribution < -0.4 is 0 Å². The summed E-state index contributed by atoms with van der Waals surface area (Å²) in [6, 6.07) is 6.00. The van der Waals surface area contributed by atoms with E-state index in [9.17, 15) is 4.79 Å². The first kappa shape index (κ1) is 11.7. The molecule has 0 saturated heterocycles. The zero-order chi connectivity index (χ0) is 12.4. The van der Waals surface area contributed by atoms with Gasteiger partial charge in [-0.05, 0) is 24.5 Å². The molecule has 0 aliphatic heterocycles. The normalized spacial score (nSPS) is 11.1. The number of hydrogen-bond acceptors (Lipinski definition) is 2. The Labute approximate surface area is 102 Å². The number of carbonyl (C=O) groups is 1. The average molecular weight is 233 g/mol. The maximum atomic E-state index is 12.0. The molecule has 1 aromatic heterocycles. The third kappa shape index (κ3) is 2.05. The zero-order valence-corrected chi connectivity index (χ0v) is 10.4. The summed E-state index contributed by atoms with van der Waals surface area (Å²) in [5.41, 5.74) is 2.57. The number of ether oxygens (including phenoxy) is 1. The Kier molecular flexibility index (Phi) is 3.18. The molecule has 92 valence electrons. The van der Waals surface area contributed by atoms with E-state index in [1.54, 1.807) is 0 Å². The van der Waals surface area contributed by atoms with Gasteiger partial charge in [0.15, 0.2) is 0 Å². The van der Waals surface area contributed by atoms with E-state index >= 15 is 0 Å². The van der Waals surface area contributed by atoms with Gasteiger partial charge in [-0.2, -0.15) is 0 Å². The van der Waals surface area contributed by atoms with Crippen LogP contribution in [0.4, 0.5) is 0 Å². The van der Waals surface area contributed by atoms with Crippen LogP contribution in [0.15, 0.2) is 24.4 Å². The molecule has 17 heavy (non-hydrogen) atoms. The van der Waals surface area contributed by atoms with Gasteiger partial charge in [0.1, 0.15) is 0 Å². The summed E-state index contributed by atoms with van der Waals surface area (Å²) in [6.07, 6.45) is 1.84. The first-order valence-electron chi connectivity index (χ1n) is 5.92. The zero-order valence-electron chi connectivity index (χ0n) is 10.4. The first-order valence-corrected chi connectivity index (χ1v) is 5.92. The highest BCUT2D eigenvalue weighted by molar-refractivity contribution is 6.04. The minimum Gasteiger partial charge on any atom is -0.462 e. The number of carbonyl (C=O) groups excluding carboxylic acids is 1. The SMILES string of the molecule is CCOC(=O)c1c(C(C)C)ccc2cc[nH]c12.[HH]. The van der Waals surface area contributed by atoms with Crippen LogP contribution in [0.25, 0.3) is 10.9 Å². The Morgan fingerprint density at radius 1 is 1.41 bits per heavy atom. The number of hydrogen-bond donors (Lipinski definition) is 1. The van der Waals surface area contributed by atoms with E-state index in [1.165, 1.54) is 0 Å². The number of rotatable bonds is 3. The molecule has 0 spiro atoms. The van der Waals surface area contributed by atoms with Crippen molar-refractivity contribution in [1.82, 2.24) is 4.98 Å². The van der Waals surface area contributed by atoms with Crippen LogP contribution in [0.5, 0.6) is 0 Å². The third-order valence-electron chi connectivity index (χ3n) is 2.86. The first-order chi connectivity index (χ1) is 8.15. The Balaban J connectivity index is 0.00000162. The molecule has 0 atom stereocenters. The van der Waals surface area contributed by atoms with Crippen LogP contribution in [-0.4, -0.2) is 17.6 Å². The molecule has 2 aromatic rings. The Bertz CT molecular complexity index is 546. The maximum Gasteiger partial charge on any atom is 0.340 e. The largest absolute Gasteiger partial charge is 0.462 e. The van der Waals surface area contributed by atoms with Gasteiger partial charge in [0, 0.05) is 13.0 Å². The Morgan fingerprint density at radius 2 is 2.18 bits per heavy atom. The molecule has 0 unspecified atom stereocenters. The minimum absolute atomic E-state index is 0. The number of esters is 1. The summed E-state index contributed by atoms with van der Waals surface area (Å²) in [6.45, 7) is 6.37. The summed E-state index contributed by atoms with van der Waals surface area (Å²) in [5.74, 6) is 0.0476. The van der Waals surface area contributed by atoms with E-state index in [-0.39, 0.29) is 7.40 Å². The second kappa shape index (κ2) is 4.62. The molecule has 0 bridgehead atoms. The topological polar surface area (TPSA) is 42.1 Å². The van der Waals surface area contributed by atoms with Crippen LogP contribution in [0.2, 0.25) is 0 Å². The van der Waals surface area contributed by atoms with Crippen molar-refractivity contribution in [2.24, 2.45) is 0 Å². The highest BCUT2D eigenvalue weighted by Crippen LogP contribution is 2.27. The second-order valence-corrected chi connectivity index (χ2v) is 4.35. The monoisotopic (exact) mass is 233 g/mol. The predicted octanol–water partition coefficient (Wildman–Crippen LogP) is 3.71. The number of fused-ring (bicyclic) bond motifs is 1. The summed E-state index contributed by atoms with van der Waals surface area (Å²) in [4.78, 5) is 15.2. The van der Waals surface area contributed by atoms with E-state index in [2.05, 4.69) is 18.8 Å². The predicted molar refractivity (Wildman–Crippen MR) is 70.5 cm³/mol. The van der Waals surface area contributed by atoms with Crippen molar-refractivity contribution in [1.29, 1.82) is 0 Å². The van der Waals surface area contributed by atoms with Crippen molar-refractivity contribution in [2.45, 2.75) is 26.7 Å². The van der Waals surface area contributed by atoms with Crippen molar-refractivity contribution < 1.29 is 11.0 Å². The average Bonchev–Trinajstić information content (AvgIpc) is 2.75. The van der Waals surface area contributed by atoms with Crippen LogP contribution >= 0.6 is 0 Å². The lowest BCUT2D eigenvalue weighted by atomic mass is 9.95. The molecule has 0 amide bonds. The fourth-order valence-electron chi connectivity index (χ4n) is 2.05. The number of benzene rings is 1. The fourth-order valence-corrected chi connectivity index (χ4v) is 2.05. The van der Waals surface area contributed by atoms with E-state index < -0.39 is 0 Å². The summed E-state index contributed by atoms with van der Waals surface area (Å²) < 4.78 is 5.14. The van der Waals surface area contributed by atoms with E-state index in [0.29, 0.717) is 18.1 Å². The van der Waals surface area contributed by atoms with Gasteiger partial charge in [-0.25, -0.2) is 4.79 Å². The molecular formula is C14H19NO2. The van der Waals surface area contributed by atoms with Gasteiger partial charge in [-0.3, -0.25) is 0 Å². The van der Waals surface area contributed by atoms with Gasteiger partial charge < -0.3 is 9.72 Å². The number of aromatic amines is 1. The Hall–Kier alpha value is -1.77. The maximum absolute atomic E-state index is 12.0. The van der Waals surface area contributed by atoms with Gasteiger partial charge in [-0.15, -0.1) is 0 Å². The molecule has 0 saturated carbocycles. The standard InChI is InChI=1S/C14H17NO2.H2/c1-4-17-14(16)12-11(9(2)3)6-5-10-7-8-15-13(10)12;/h5-9,15H,4H2,1-3H3;1H. The van der Waals surface area contributed by atoms with Gasteiger partial charge >= 0.3 is 5.97 Å². The van der Waals surface area contributed by atoms with Crippen molar-refractivity contribution in [3.05, 3.63) is 35.5 Å². The summed E-state index contributed by atoms with van der Waals surface area (Å²) in [7, 11) is 0. The van der Waals surface area contributed by atoms with Crippen molar-refractivity contribution >= 4 is 16.9 Å². The highest BCUT2D eigenvalue weighted by atomic mass is 16.5. The Morgan fingerprint density at radius 3 is 2.82 bits per heavy atom. The molecule has 0 aliphatic rings. The van der Waals surface area contributed by atoms with Crippen LogP contribution in [0.1, 0.15) is 44.0 Å². The minimum atomic E-state index is -0.246. The van der Waals surface area contributed by atoms with Gasteiger partial charge in [0.05, 0.1) is 17.7 Å². The third-order valence-corrected chi connectivity index (χ3v) is 2.86. The van der Waals surface area contributed by atoms with E-state index in [1.807, 2.05) is 31.3 Å². The summed E-state index contributed by atoms with van der Waals surface area (Å²) >= 11 is 0. The number of nitrogens with one attached hydrogen (secondary N) is 1. The molecular weight excluding hydrogens is 214 g/mol. The number of aromatic nitrogens is 1. The molecule has 2 rings (SSSR count). The van der Waals surface area contributed by atoms with Crippen molar-refractivity contribution in [3.63, 3.8) is 0 Å². The molecule has 1 N–H and O–H groups in total.